The normalized spacial score (nSPS) is 18.7. The third-order valence-electron chi connectivity index (χ3n) is 1.53. The Balaban J connectivity index is 2.34. The van der Waals surface area contributed by atoms with Crippen molar-refractivity contribution >= 4 is 15.4 Å². The van der Waals surface area contributed by atoms with E-state index in [1.54, 1.807) is 4.91 Å². The minimum Gasteiger partial charge on any atom is -0.208 e. The average Bonchev–Trinajstić information content (AvgIpc) is 2.11. The lowest BCUT2D eigenvalue weighted by molar-refractivity contribution is 1.02. The van der Waals surface area contributed by atoms with E-state index in [2.05, 4.69) is 16.4 Å². The van der Waals surface area contributed by atoms with Gasteiger partial charge in [0.05, 0.1) is 6.20 Å². The van der Waals surface area contributed by atoms with Gasteiger partial charge in [0.1, 0.15) is 0 Å². The van der Waals surface area contributed by atoms with Crippen LogP contribution in [-0.4, -0.2) is 4.98 Å². The van der Waals surface area contributed by atoms with Crippen molar-refractivity contribution < 1.29 is 0 Å². The van der Waals surface area contributed by atoms with Gasteiger partial charge in [-0.2, -0.15) is 0 Å². The van der Waals surface area contributed by atoms with E-state index < -0.39 is 0 Å². The summed E-state index contributed by atoms with van der Waals surface area (Å²) in [5.41, 5.74) is 2.03. The van der Waals surface area contributed by atoms with Crippen molar-refractivity contribution in [2.75, 3.05) is 0 Å². The van der Waals surface area contributed by atoms with Gasteiger partial charge in [-0.05, 0) is 12.5 Å². The lowest BCUT2D eigenvalue weighted by atomic mass is 10.1. The van der Waals surface area contributed by atoms with Gasteiger partial charge in [-0.15, -0.1) is 0 Å². The Morgan fingerprint density at radius 2 is 2.44 bits per heavy atom. The summed E-state index contributed by atoms with van der Waals surface area (Å²) in [5.74, 6) is 0. The molecule has 1 aromatic rings. The summed E-state index contributed by atoms with van der Waals surface area (Å²) in [4.78, 5) is 5.61. The van der Waals surface area contributed by atoms with E-state index >= 15 is 0 Å². The van der Waals surface area contributed by atoms with Gasteiger partial charge in [0.15, 0.2) is 10.3 Å². The van der Waals surface area contributed by atoms with E-state index in [1.165, 1.54) is 12.8 Å². The van der Waals surface area contributed by atoms with Crippen LogP contribution in [0.1, 0.15) is 12.8 Å². The minimum absolute atomic E-state index is 0.304. The summed E-state index contributed by atoms with van der Waals surface area (Å²) in [5, 5.41) is 2.17. The number of hydrogen-bond acceptors (Lipinski definition) is 1. The molecule has 2 rings (SSSR count). The van der Waals surface area contributed by atoms with E-state index in [0.29, 0.717) is 10.5 Å². The Kier molecular flexibility index (Phi) is 1.12. The smallest absolute Gasteiger partial charge is 0.208 e. The third kappa shape index (κ3) is 0.793. The molecule has 1 nitrogen and oxygen atoms in total. The zero-order valence-corrected chi connectivity index (χ0v) is 5.90. The van der Waals surface area contributed by atoms with Gasteiger partial charge in [0.2, 0.25) is 5.51 Å². The number of aromatic nitrogens is 1. The lowest BCUT2D eigenvalue weighted by Crippen LogP contribution is -1.84. The Bertz CT molecular complexity index is 223. The van der Waals surface area contributed by atoms with E-state index in [4.69, 9.17) is 0 Å². The summed E-state index contributed by atoms with van der Waals surface area (Å²) >= 11 is 0. The second-order valence-electron chi connectivity index (χ2n) is 2.12. The van der Waals surface area contributed by atoms with Gasteiger partial charge in [-0.1, -0.05) is 0 Å². The number of hydrogen-bond donors (Lipinski definition) is 0. The fourth-order valence-electron chi connectivity index (χ4n) is 0.868. The van der Waals surface area contributed by atoms with Gasteiger partial charge in [0, 0.05) is 16.9 Å². The molecule has 9 heavy (non-hydrogen) atoms. The summed E-state index contributed by atoms with van der Waals surface area (Å²) < 4.78 is 0. The second kappa shape index (κ2) is 1.95. The number of thiazole rings is 1. The van der Waals surface area contributed by atoms with Crippen LogP contribution in [-0.2, 0) is 0 Å². The molecule has 0 amide bonds. The highest BCUT2D eigenvalue weighted by molar-refractivity contribution is 7.40. The standard InChI is InChI=1S/C7H8NS/c1-2-7(3-1)9-5-4-8-6-9/h2,4-6H,1,3H2/q+1. The van der Waals surface area contributed by atoms with Crippen LogP contribution in [0.15, 0.2) is 23.2 Å². The maximum Gasteiger partial charge on any atom is 0.234 e. The molecule has 0 fully saturated rings. The molecule has 1 aliphatic carbocycles. The summed E-state index contributed by atoms with van der Waals surface area (Å²) in [6, 6.07) is 0. The first-order chi connectivity index (χ1) is 4.47. The van der Waals surface area contributed by atoms with Crippen molar-refractivity contribution in [1.29, 1.82) is 0 Å². The minimum atomic E-state index is 0.304. The van der Waals surface area contributed by atoms with Crippen LogP contribution in [0.25, 0.3) is 4.91 Å². The lowest BCUT2D eigenvalue weighted by Gasteiger charge is -2.02. The van der Waals surface area contributed by atoms with Gasteiger partial charge in [-0.3, -0.25) is 0 Å². The molecule has 0 saturated carbocycles. The van der Waals surface area contributed by atoms with Crippen LogP contribution in [0.2, 0.25) is 0 Å². The summed E-state index contributed by atoms with van der Waals surface area (Å²) in [7, 11) is 0.304. The van der Waals surface area contributed by atoms with Gasteiger partial charge < -0.3 is 0 Å². The molecule has 1 aromatic heterocycles. The Morgan fingerprint density at radius 3 is 2.89 bits per heavy atom. The first-order valence-electron chi connectivity index (χ1n) is 3.08. The van der Waals surface area contributed by atoms with Crippen LogP contribution in [0, 0.1) is 0 Å². The Labute approximate surface area is 57.0 Å². The fourth-order valence-corrected chi connectivity index (χ4v) is 2.32. The van der Waals surface area contributed by atoms with Crippen LogP contribution >= 0.6 is 10.5 Å². The van der Waals surface area contributed by atoms with E-state index in [0.717, 1.165) is 0 Å². The van der Waals surface area contributed by atoms with E-state index in [-0.39, 0.29) is 0 Å². The molecule has 1 atom stereocenters. The molecule has 46 valence electrons. The highest BCUT2D eigenvalue weighted by atomic mass is 32.2. The third-order valence-corrected chi connectivity index (χ3v) is 3.27. The zero-order valence-electron chi connectivity index (χ0n) is 5.08. The molecule has 1 unspecified atom stereocenters. The van der Waals surface area contributed by atoms with Crippen molar-refractivity contribution in [2.45, 2.75) is 12.8 Å². The molecular formula is C7H8NS+. The molecule has 0 aliphatic heterocycles. The van der Waals surface area contributed by atoms with Crippen molar-refractivity contribution in [3.63, 3.8) is 0 Å². The topological polar surface area (TPSA) is 12.9 Å². The Morgan fingerprint density at radius 1 is 1.56 bits per heavy atom. The molecular weight excluding hydrogens is 130 g/mol. The van der Waals surface area contributed by atoms with Crippen molar-refractivity contribution in [3.8, 4) is 0 Å². The molecule has 0 radical (unpaired) electrons. The Hall–Kier alpha value is -0.630. The predicted octanol–water partition coefficient (Wildman–Crippen LogP) is 2.47. The predicted molar refractivity (Wildman–Crippen MR) is 40.2 cm³/mol. The van der Waals surface area contributed by atoms with Crippen molar-refractivity contribution in [2.24, 2.45) is 0 Å². The molecule has 0 aromatic carbocycles. The quantitative estimate of drug-likeness (QED) is 0.543. The number of rotatable bonds is 1. The van der Waals surface area contributed by atoms with E-state index in [9.17, 15) is 0 Å². The van der Waals surface area contributed by atoms with Gasteiger partial charge in [-0.25, -0.2) is 4.98 Å². The van der Waals surface area contributed by atoms with Crippen LogP contribution in [0.3, 0.4) is 0 Å². The van der Waals surface area contributed by atoms with E-state index in [1.807, 2.05) is 11.7 Å². The maximum absolute atomic E-state index is 4.03. The van der Waals surface area contributed by atoms with Crippen LogP contribution < -0.4 is 0 Å². The van der Waals surface area contributed by atoms with Gasteiger partial charge >= 0.3 is 0 Å². The second-order valence-corrected chi connectivity index (χ2v) is 3.87. The first kappa shape index (κ1) is 5.18. The van der Waals surface area contributed by atoms with Crippen LogP contribution in [0.5, 0.6) is 0 Å². The molecule has 1 aliphatic rings. The molecule has 1 heterocycles. The highest BCUT2D eigenvalue weighted by Gasteiger charge is 2.16. The first-order valence-corrected chi connectivity index (χ1v) is 4.43. The van der Waals surface area contributed by atoms with Crippen LogP contribution in [0.4, 0.5) is 0 Å². The average molecular weight is 138 g/mol. The van der Waals surface area contributed by atoms with Crippen molar-refractivity contribution in [3.05, 3.63) is 23.2 Å². The number of nitrogens with zero attached hydrogens (tertiary/aromatic N) is 1. The zero-order chi connectivity index (χ0) is 6.10. The van der Waals surface area contributed by atoms with Gasteiger partial charge in [0.25, 0.3) is 0 Å². The molecule has 0 bridgehead atoms. The SMILES string of the molecule is C1=C([s+]2ccnc2)CC1. The fraction of sp³-hybridized carbons (Fsp3) is 0.286. The maximum atomic E-state index is 4.03. The molecule has 0 saturated heterocycles. The summed E-state index contributed by atoms with van der Waals surface area (Å²) in [6.07, 6.45) is 6.77. The molecule has 0 N–H and O–H groups in total. The molecule has 2 heteroatoms. The highest BCUT2D eigenvalue weighted by Crippen LogP contribution is 2.38. The summed E-state index contributed by atoms with van der Waals surface area (Å²) in [6.45, 7) is 0. The monoisotopic (exact) mass is 138 g/mol. The number of allylic oxidation sites excluding steroid dienone is 2. The largest absolute Gasteiger partial charge is 0.234 e. The van der Waals surface area contributed by atoms with Crippen molar-refractivity contribution in [1.82, 2.24) is 4.98 Å². The molecule has 0 spiro atoms.